The van der Waals surface area contributed by atoms with Crippen LogP contribution < -0.4 is 0 Å². The van der Waals surface area contributed by atoms with Gasteiger partial charge in [0, 0.05) is 11.1 Å². The predicted molar refractivity (Wildman–Crippen MR) is 75.1 cm³/mol. The smallest absolute Gasteiger partial charge is 0.367 e. The lowest BCUT2D eigenvalue weighted by atomic mass is 9.97. The zero-order valence-electron chi connectivity index (χ0n) is 12.3. The minimum absolute atomic E-state index is 0.0233. The molecule has 0 aliphatic rings. The van der Waals surface area contributed by atoms with Crippen molar-refractivity contribution < 1.29 is 23.1 Å². The zero-order chi connectivity index (χ0) is 16.0. The Bertz CT molecular complexity index is 577. The fourth-order valence-electron chi connectivity index (χ4n) is 1.85. The quantitative estimate of drug-likeness (QED) is 0.454. The average Bonchev–Trinajstić information content (AvgIpc) is 2.46. The molecule has 0 unspecified atom stereocenters. The Morgan fingerprint density at radius 1 is 1.24 bits per heavy atom. The van der Waals surface area contributed by atoms with Crippen molar-refractivity contribution in [2.24, 2.45) is 0 Å². The van der Waals surface area contributed by atoms with Crippen LogP contribution in [0.15, 0.2) is 29.6 Å². The summed E-state index contributed by atoms with van der Waals surface area (Å²) >= 11 is 0. The van der Waals surface area contributed by atoms with Crippen LogP contribution in [0.3, 0.4) is 0 Å². The van der Waals surface area contributed by atoms with E-state index in [1.54, 1.807) is 13.8 Å². The number of ether oxygens (including phenoxy) is 1. The molecule has 0 saturated carbocycles. The summed E-state index contributed by atoms with van der Waals surface area (Å²) in [5.74, 6) is -3.39. The van der Waals surface area contributed by atoms with Gasteiger partial charge in [0.15, 0.2) is 5.78 Å². The van der Waals surface area contributed by atoms with E-state index >= 15 is 0 Å². The van der Waals surface area contributed by atoms with Gasteiger partial charge in [0.2, 0.25) is 5.83 Å². The summed E-state index contributed by atoms with van der Waals surface area (Å²) in [5, 5.41) is 0. The number of carbonyl (C=O) groups is 2. The first-order valence-corrected chi connectivity index (χ1v) is 6.78. The van der Waals surface area contributed by atoms with E-state index in [-0.39, 0.29) is 29.7 Å². The van der Waals surface area contributed by atoms with Crippen LogP contribution in [0.5, 0.6) is 0 Å². The summed E-state index contributed by atoms with van der Waals surface area (Å²) in [7, 11) is 0. The molecule has 21 heavy (non-hydrogen) atoms. The van der Waals surface area contributed by atoms with Gasteiger partial charge in [-0.15, -0.1) is 0 Å². The fourth-order valence-corrected chi connectivity index (χ4v) is 1.85. The number of hydrogen-bond acceptors (Lipinski definition) is 3. The normalized spacial score (nSPS) is 11.9. The van der Waals surface area contributed by atoms with E-state index in [9.17, 15) is 18.4 Å². The van der Waals surface area contributed by atoms with Gasteiger partial charge >= 0.3 is 5.97 Å². The first kappa shape index (κ1) is 17.0. The van der Waals surface area contributed by atoms with Gasteiger partial charge in [0.1, 0.15) is 5.82 Å². The van der Waals surface area contributed by atoms with Gasteiger partial charge in [-0.1, -0.05) is 13.3 Å². The van der Waals surface area contributed by atoms with Gasteiger partial charge in [-0.3, -0.25) is 4.79 Å². The van der Waals surface area contributed by atoms with Gasteiger partial charge in [0.05, 0.1) is 6.61 Å². The lowest BCUT2D eigenvalue weighted by Crippen LogP contribution is -2.13. The second-order valence-electron chi connectivity index (χ2n) is 4.56. The molecule has 1 aromatic carbocycles. The Labute approximate surface area is 122 Å². The van der Waals surface area contributed by atoms with Gasteiger partial charge < -0.3 is 4.74 Å². The van der Waals surface area contributed by atoms with Crippen LogP contribution >= 0.6 is 0 Å². The molecule has 0 fully saturated rings. The number of allylic oxidation sites excluding steroid dienone is 1. The third-order valence-electron chi connectivity index (χ3n) is 2.91. The number of rotatable bonds is 6. The maximum absolute atomic E-state index is 14.1. The first-order valence-electron chi connectivity index (χ1n) is 6.78. The molecular formula is C16H18F2O3. The van der Waals surface area contributed by atoms with Crippen molar-refractivity contribution in [1.29, 1.82) is 0 Å². The van der Waals surface area contributed by atoms with Crippen LogP contribution in [-0.4, -0.2) is 18.4 Å². The minimum atomic E-state index is -1.18. The van der Waals surface area contributed by atoms with E-state index < -0.39 is 23.4 Å². The molecule has 0 bridgehead atoms. The van der Waals surface area contributed by atoms with Gasteiger partial charge in [-0.2, -0.15) is 4.39 Å². The molecule has 0 N–H and O–H groups in total. The SMILES string of the molecule is CCC/C(C(=O)c1ccc(F)c(C)c1)=C(\F)C(=O)OCC. The van der Waals surface area contributed by atoms with Crippen molar-refractivity contribution >= 4 is 11.8 Å². The summed E-state index contributed by atoms with van der Waals surface area (Å²) in [5.41, 5.74) is 0.201. The van der Waals surface area contributed by atoms with Crippen molar-refractivity contribution in [3.63, 3.8) is 0 Å². The molecule has 1 aromatic rings. The van der Waals surface area contributed by atoms with Crippen molar-refractivity contribution in [3.05, 3.63) is 46.5 Å². The van der Waals surface area contributed by atoms with E-state index in [1.807, 2.05) is 0 Å². The lowest BCUT2D eigenvalue weighted by Gasteiger charge is -2.08. The van der Waals surface area contributed by atoms with E-state index in [1.165, 1.54) is 19.1 Å². The van der Waals surface area contributed by atoms with Crippen molar-refractivity contribution in [2.75, 3.05) is 6.61 Å². The number of Topliss-reactive ketones (excluding diaryl/α,β-unsaturated/α-hetero) is 1. The van der Waals surface area contributed by atoms with Crippen LogP contribution in [0, 0.1) is 12.7 Å². The van der Waals surface area contributed by atoms with Crippen molar-refractivity contribution in [3.8, 4) is 0 Å². The minimum Gasteiger partial charge on any atom is -0.461 e. The largest absolute Gasteiger partial charge is 0.461 e. The number of aryl methyl sites for hydroxylation is 1. The Morgan fingerprint density at radius 3 is 2.43 bits per heavy atom. The Balaban J connectivity index is 3.21. The van der Waals surface area contributed by atoms with Crippen LogP contribution in [0.25, 0.3) is 0 Å². The third-order valence-corrected chi connectivity index (χ3v) is 2.91. The number of esters is 1. The van der Waals surface area contributed by atoms with Gasteiger partial charge in [-0.25, -0.2) is 9.18 Å². The second-order valence-corrected chi connectivity index (χ2v) is 4.56. The molecule has 0 aliphatic heterocycles. The summed E-state index contributed by atoms with van der Waals surface area (Å²) in [4.78, 5) is 23.8. The number of ketones is 1. The molecule has 0 spiro atoms. The van der Waals surface area contributed by atoms with Gasteiger partial charge in [0.25, 0.3) is 0 Å². The molecule has 1 rings (SSSR count). The maximum Gasteiger partial charge on any atom is 0.367 e. The standard InChI is InChI=1S/C16H18F2O3/c1-4-6-12(14(18)16(20)21-5-2)15(19)11-7-8-13(17)10(3)9-11/h7-9H,4-6H2,1-3H3/b14-12+. The van der Waals surface area contributed by atoms with Gasteiger partial charge in [-0.05, 0) is 44.0 Å². The summed E-state index contributed by atoms with van der Waals surface area (Å²) in [6, 6.07) is 3.76. The molecule has 0 aliphatic carbocycles. The van der Waals surface area contributed by atoms with Crippen LogP contribution in [0.2, 0.25) is 0 Å². The molecule has 0 radical (unpaired) electrons. The molecule has 114 valence electrons. The number of benzene rings is 1. The predicted octanol–water partition coefficient (Wildman–Crippen LogP) is 3.90. The highest BCUT2D eigenvalue weighted by Crippen LogP contribution is 2.21. The molecule has 0 heterocycles. The molecule has 5 heteroatoms. The summed E-state index contributed by atoms with van der Waals surface area (Å²) in [6.07, 6.45) is 0.605. The lowest BCUT2D eigenvalue weighted by molar-refractivity contribution is -0.140. The van der Waals surface area contributed by atoms with Crippen LogP contribution in [-0.2, 0) is 9.53 Å². The van der Waals surface area contributed by atoms with E-state index in [0.29, 0.717) is 6.42 Å². The summed E-state index contributed by atoms with van der Waals surface area (Å²) < 4.78 is 31.9. The molecular weight excluding hydrogens is 278 g/mol. The van der Waals surface area contributed by atoms with Crippen molar-refractivity contribution in [1.82, 2.24) is 0 Å². The van der Waals surface area contributed by atoms with E-state index in [0.717, 1.165) is 6.07 Å². The van der Waals surface area contributed by atoms with E-state index in [2.05, 4.69) is 4.74 Å². The number of carbonyl (C=O) groups excluding carboxylic acids is 2. The number of hydrogen-bond donors (Lipinski definition) is 0. The maximum atomic E-state index is 14.1. The Hall–Kier alpha value is -2.04. The molecule has 0 saturated heterocycles. The monoisotopic (exact) mass is 296 g/mol. The third kappa shape index (κ3) is 4.21. The highest BCUT2D eigenvalue weighted by atomic mass is 19.1. The zero-order valence-corrected chi connectivity index (χ0v) is 12.3. The molecule has 0 atom stereocenters. The van der Waals surface area contributed by atoms with E-state index in [4.69, 9.17) is 0 Å². The molecule has 3 nitrogen and oxygen atoms in total. The van der Waals surface area contributed by atoms with Crippen LogP contribution in [0.4, 0.5) is 8.78 Å². The van der Waals surface area contributed by atoms with Crippen molar-refractivity contribution in [2.45, 2.75) is 33.6 Å². The first-order chi connectivity index (χ1) is 9.92. The highest BCUT2D eigenvalue weighted by molar-refractivity contribution is 6.12. The fraction of sp³-hybridized carbons (Fsp3) is 0.375. The van der Waals surface area contributed by atoms with Crippen LogP contribution in [0.1, 0.15) is 42.6 Å². The Kier molecular flexibility index (Phi) is 6.21. The molecule has 0 aromatic heterocycles. The number of halogens is 2. The second kappa shape index (κ2) is 7.67. The average molecular weight is 296 g/mol. The topological polar surface area (TPSA) is 43.4 Å². The highest BCUT2D eigenvalue weighted by Gasteiger charge is 2.23. The Morgan fingerprint density at radius 2 is 1.90 bits per heavy atom. The summed E-state index contributed by atoms with van der Waals surface area (Å²) in [6.45, 7) is 4.85. The molecule has 0 amide bonds.